The van der Waals surface area contributed by atoms with Gasteiger partial charge in [-0.1, -0.05) is 75.9 Å². The molecule has 0 unspecified atom stereocenters. The molecular formula is C29H40ClN3O4S. The maximum absolute atomic E-state index is 13.7. The average molecular weight is 562 g/mol. The Kier molecular flexibility index (Phi) is 9.87. The molecule has 1 aliphatic carbocycles. The van der Waals surface area contributed by atoms with Gasteiger partial charge in [0.15, 0.2) is 0 Å². The zero-order chi connectivity index (χ0) is 28.1. The summed E-state index contributed by atoms with van der Waals surface area (Å²) in [6.45, 7) is 7.66. The SMILES string of the molecule is C[C@@H](C(=O)NC1CCCCC1)N(Cc1ccc(Cl)cc1)C(=O)CN(c1ccc(C(C)(C)C)cc1)S(C)(=O)=O. The van der Waals surface area contributed by atoms with E-state index in [1.165, 1.54) is 11.3 Å². The van der Waals surface area contributed by atoms with E-state index < -0.39 is 28.5 Å². The van der Waals surface area contributed by atoms with E-state index in [1.807, 2.05) is 12.1 Å². The predicted octanol–water partition coefficient (Wildman–Crippen LogP) is 5.27. The first-order valence-electron chi connectivity index (χ1n) is 13.2. The minimum atomic E-state index is -3.77. The van der Waals surface area contributed by atoms with Gasteiger partial charge in [-0.3, -0.25) is 13.9 Å². The molecule has 1 atom stereocenters. The van der Waals surface area contributed by atoms with Crippen LogP contribution in [0.4, 0.5) is 5.69 Å². The second-order valence-corrected chi connectivity index (χ2v) is 13.6. The minimum absolute atomic E-state index is 0.0965. The Morgan fingerprint density at radius 1 is 1.00 bits per heavy atom. The van der Waals surface area contributed by atoms with E-state index in [4.69, 9.17) is 11.6 Å². The van der Waals surface area contributed by atoms with Crippen LogP contribution in [-0.2, 0) is 31.6 Å². The Labute approximate surface area is 232 Å². The maximum atomic E-state index is 13.7. The summed E-state index contributed by atoms with van der Waals surface area (Å²) in [7, 11) is -3.77. The van der Waals surface area contributed by atoms with Gasteiger partial charge in [0.25, 0.3) is 0 Å². The van der Waals surface area contributed by atoms with E-state index in [1.54, 1.807) is 43.3 Å². The smallest absolute Gasteiger partial charge is 0.244 e. The Hall–Kier alpha value is -2.58. The fraction of sp³-hybridized carbons (Fsp3) is 0.517. The summed E-state index contributed by atoms with van der Waals surface area (Å²) >= 11 is 6.04. The molecule has 208 valence electrons. The molecule has 38 heavy (non-hydrogen) atoms. The van der Waals surface area contributed by atoms with Gasteiger partial charge >= 0.3 is 0 Å². The molecule has 0 radical (unpaired) electrons. The molecule has 0 aromatic heterocycles. The summed E-state index contributed by atoms with van der Waals surface area (Å²) in [5.74, 6) is -0.698. The molecular weight excluding hydrogens is 522 g/mol. The van der Waals surface area contributed by atoms with Crippen molar-refractivity contribution in [3.63, 3.8) is 0 Å². The lowest BCUT2D eigenvalue weighted by Gasteiger charge is -2.33. The molecule has 1 aliphatic rings. The third-order valence-electron chi connectivity index (χ3n) is 7.09. The Morgan fingerprint density at radius 2 is 1.58 bits per heavy atom. The molecule has 9 heteroatoms. The van der Waals surface area contributed by atoms with E-state index in [0.29, 0.717) is 10.7 Å². The number of benzene rings is 2. The number of amides is 2. The molecule has 2 amide bonds. The van der Waals surface area contributed by atoms with Crippen molar-refractivity contribution in [1.82, 2.24) is 10.2 Å². The highest BCUT2D eigenvalue weighted by molar-refractivity contribution is 7.92. The monoisotopic (exact) mass is 561 g/mol. The highest BCUT2D eigenvalue weighted by atomic mass is 35.5. The van der Waals surface area contributed by atoms with Crippen LogP contribution in [-0.4, -0.2) is 50.0 Å². The fourth-order valence-electron chi connectivity index (χ4n) is 4.68. The molecule has 0 spiro atoms. The molecule has 0 bridgehead atoms. The van der Waals surface area contributed by atoms with Crippen molar-refractivity contribution in [3.05, 3.63) is 64.7 Å². The highest BCUT2D eigenvalue weighted by Crippen LogP contribution is 2.26. The number of hydrogen-bond acceptors (Lipinski definition) is 4. The lowest BCUT2D eigenvalue weighted by molar-refractivity contribution is -0.139. The van der Waals surface area contributed by atoms with Gasteiger partial charge in [-0.05, 0) is 60.6 Å². The Bertz CT molecular complexity index is 1200. The van der Waals surface area contributed by atoms with Crippen LogP contribution in [0.5, 0.6) is 0 Å². The van der Waals surface area contributed by atoms with Crippen LogP contribution in [0, 0.1) is 0 Å². The van der Waals surface area contributed by atoms with Crippen LogP contribution in [0.1, 0.15) is 70.9 Å². The summed E-state index contributed by atoms with van der Waals surface area (Å²) < 4.78 is 26.7. The second kappa shape index (κ2) is 12.5. The van der Waals surface area contributed by atoms with E-state index in [9.17, 15) is 18.0 Å². The third kappa shape index (κ3) is 8.21. The van der Waals surface area contributed by atoms with Gasteiger partial charge in [0, 0.05) is 17.6 Å². The van der Waals surface area contributed by atoms with Crippen LogP contribution in [0.25, 0.3) is 0 Å². The number of carbonyl (C=O) groups excluding carboxylic acids is 2. The van der Waals surface area contributed by atoms with Crippen molar-refractivity contribution in [3.8, 4) is 0 Å². The standard InChI is InChI=1S/C29H40ClN3O4S/c1-21(28(35)31-25-9-7-6-8-10-25)32(19-22-11-15-24(30)16-12-22)27(34)20-33(38(5,36)37)26-17-13-23(14-18-26)29(2,3)4/h11-18,21,25H,6-10,19-20H2,1-5H3,(H,31,35)/t21-/m0/s1. The molecule has 1 saturated carbocycles. The summed E-state index contributed by atoms with van der Waals surface area (Å²) in [5.41, 5.74) is 2.15. The average Bonchev–Trinajstić information content (AvgIpc) is 2.86. The molecule has 0 heterocycles. The number of rotatable bonds is 9. The lowest BCUT2D eigenvalue weighted by Crippen LogP contribution is -2.52. The number of anilines is 1. The van der Waals surface area contributed by atoms with Gasteiger partial charge in [-0.2, -0.15) is 0 Å². The number of carbonyl (C=O) groups is 2. The molecule has 1 fully saturated rings. The van der Waals surface area contributed by atoms with E-state index in [2.05, 4.69) is 26.1 Å². The van der Waals surface area contributed by atoms with Crippen molar-refractivity contribution in [2.24, 2.45) is 0 Å². The van der Waals surface area contributed by atoms with Crippen LogP contribution < -0.4 is 9.62 Å². The molecule has 0 aliphatic heterocycles. The molecule has 2 aromatic rings. The van der Waals surface area contributed by atoms with Crippen molar-refractivity contribution < 1.29 is 18.0 Å². The Morgan fingerprint density at radius 3 is 2.11 bits per heavy atom. The molecule has 3 rings (SSSR count). The topological polar surface area (TPSA) is 86.8 Å². The van der Waals surface area contributed by atoms with Crippen molar-refractivity contribution in [2.45, 2.75) is 83.8 Å². The molecule has 0 saturated heterocycles. The van der Waals surface area contributed by atoms with Crippen LogP contribution in [0.2, 0.25) is 5.02 Å². The number of nitrogens with zero attached hydrogens (tertiary/aromatic N) is 2. The number of sulfonamides is 1. The normalized spacial score (nSPS) is 15.5. The first kappa shape index (κ1) is 30.0. The van der Waals surface area contributed by atoms with Crippen LogP contribution in [0.15, 0.2) is 48.5 Å². The summed E-state index contributed by atoms with van der Waals surface area (Å²) in [5, 5.41) is 3.66. The van der Waals surface area contributed by atoms with Crippen LogP contribution in [0.3, 0.4) is 0 Å². The summed E-state index contributed by atoms with van der Waals surface area (Å²) in [4.78, 5) is 28.4. The first-order valence-corrected chi connectivity index (χ1v) is 15.4. The molecule has 2 aromatic carbocycles. The molecule has 1 N–H and O–H groups in total. The molecule has 7 nitrogen and oxygen atoms in total. The van der Waals surface area contributed by atoms with Crippen LogP contribution >= 0.6 is 11.6 Å². The zero-order valence-electron chi connectivity index (χ0n) is 23.0. The second-order valence-electron chi connectivity index (χ2n) is 11.2. The van der Waals surface area contributed by atoms with E-state index in [-0.39, 0.29) is 23.9 Å². The number of halogens is 1. The third-order valence-corrected chi connectivity index (χ3v) is 8.48. The summed E-state index contributed by atoms with van der Waals surface area (Å²) in [6, 6.07) is 13.6. The van der Waals surface area contributed by atoms with Gasteiger partial charge in [-0.15, -0.1) is 0 Å². The predicted molar refractivity (Wildman–Crippen MR) is 154 cm³/mol. The van der Waals surface area contributed by atoms with E-state index >= 15 is 0 Å². The lowest BCUT2D eigenvalue weighted by atomic mass is 9.87. The fourth-order valence-corrected chi connectivity index (χ4v) is 5.65. The first-order chi connectivity index (χ1) is 17.8. The zero-order valence-corrected chi connectivity index (χ0v) is 24.6. The minimum Gasteiger partial charge on any atom is -0.352 e. The quantitative estimate of drug-likeness (QED) is 0.452. The van der Waals surface area contributed by atoms with Crippen molar-refractivity contribution >= 4 is 39.1 Å². The largest absolute Gasteiger partial charge is 0.352 e. The summed E-state index contributed by atoms with van der Waals surface area (Å²) in [6.07, 6.45) is 6.25. The number of hydrogen-bond donors (Lipinski definition) is 1. The van der Waals surface area contributed by atoms with Gasteiger partial charge in [0.2, 0.25) is 21.8 Å². The van der Waals surface area contributed by atoms with Gasteiger partial charge < -0.3 is 10.2 Å². The maximum Gasteiger partial charge on any atom is 0.244 e. The van der Waals surface area contributed by atoms with Crippen molar-refractivity contribution in [2.75, 3.05) is 17.1 Å². The Balaban J connectivity index is 1.87. The van der Waals surface area contributed by atoms with Gasteiger partial charge in [0.1, 0.15) is 12.6 Å². The van der Waals surface area contributed by atoms with Gasteiger partial charge in [0.05, 0.1) is 11.9 Å². The number of nitrogens with one attached hydrogen (secondary N) is 1. The van der Waals surface area contributed by atoms with Crippen molar-refractivity contribution in [1.29, 1.82) is 0 Å². The highest BCUT2D eigenvalue weighted by Gasteiger charge is 2.31. The van der Waals surface area contributed by atoms with E-state index in [0.717, 1.165) is 47.4 Å². The van der Waals surface area contributed by atoms with Gasteiger partial charge in [-0.25, -0.2) is 8.42 Å².